The van der Waals surface area contributed by atoms with Crippen LogP contribution in [-0.4, -0.2) is 57.1 Å². The van der Waals surface area contributed by atoms with E-state index < -0.39 is 6.04 Å². The smallest absolute Gasteiger partial charge is 0.228 e. The molecule has 0 N–H and O–H groups in total. The van der Waals surface area contributed by atoms with Gasteiger partial charge in [-0.25, -0.2) is 0 Å². The minimum Gasteiger partial charge on any atom is -0.497 e. The van der Waals surface area contributed by atoms with Crippen molar-refractivity contribution < 1.29 is 19.1 Å². The number of amides is 2. The van der Waals surface area contributed by atoms with Gasteiger partial charge >= 0.3 is 0 Å². The molecule has 3 aromatic carbocycles. The van der Waals surface area contributed by atoms with Crippen molar-refractivity contribution >= 4 is 23.2 Å². The number of hydrogen-bond donors (Lipinski definition) is 0. The number of methoxy groups -OCH3 is 2. The molecule has 7 heteroatoms. The average Bonchev–Trinajstić information content (AvgIpc) is 2.97. The highest BCUT2D eigenvalue weighted by Crippen LogP contribution is 2.41. The second-order valence-electron chi connectivity index (χ2n) is 9.47. The highest BCUT2D eigenvalue weighted by atomic mass is 16.5. The lowest BCUT2D eigenvalue weighted by Crippen LogP contribution is -2.54. The highest BCUT2D eigenvalue weighted by molar-refractivity contribution is 5.97. The predicted octanol–water partition coefficient (Wildman–Crippen LogP) is 4.54. The van der Waals surface area contributed by atoms with Crippen LogP contribution < -0.4 is 19.3 Å². The van der Waals surface area contributed by atoms with E-state index in [-0.39, 0.29) is 17.7 Å². The molecule has 192 valence electrons. The molecule has 0 aromatic heterocycles. The third-order valence-electron chi connectivity index (χ3n) is 7.43. The quantitative estimate of drug-likeness (QED) is 0.499. The van der Waals surface area contributed by atoms with E-state index in [1.54, 1.807) is 19.1 Å². The summed E-state index contributed by atoms with van der Waals surface area (Å²) in [5.41, 5.74) is 2.86. The second kappa shape index (κ2) is 10.9. The number of anilines is 2. The lowest BCUT2D eigenvalue weighted by atomic mass is 9.82. The van der Waals surface area contributed by atoms with E-state index >= 15 is 0 Å². The van der Waals surface area contributed by atoms with Crippen LogP contribution >= 0.6 is 0 Å². The van der Waals surface area contributed by atoms with Gasteiger partial charge < -0.3 is 24.2 Å². The molecule has 7 nitrogen and oxygen atoms in total. The largest absolute Gasteiger partial charge is 0.497 e. The van der Waals surface area contributed by atoms with Gasteiger partial charge in [0, 0.05) is 44.0 Å². The Morgan fingerprint density at radius 3 is 1.95 bits per heavy atom. The molecular weight excluding hydrogens is 466 g/mol. The van der Waals surface area contributed by atoms with Crippen molar-refractivity contribution in [3.8, 4) is 11.5 Å². The molecule has 37 heavy (non-hydrogen) atoms. The van der Waals surface area contributed by atoms with Crippen molar-refractivity contribution in [3.63, 3.8) is 0 Å². The number of piperidine rings is 1. The lowest BCUT2D eigenvalue weighted by Gasteiger charge is -2.44. The van der Waals surface area contributed by atoms with Gasteiger partial charge in [0.1, 0.15) is 11.5 Å². The fraction of sp³-hybridized carbons (Fsp3) is 0.333. The van der Waals surface area contributed by atoms with E-state index in [9.17, 15) is 9.59 Å². The number of benzene rings is 3. The maximum atomic E-state index is 14.0. The zero-order chi connectivity index (χ0) is 25.8. The monoisotopic (exact) mass is 499 g/mol. The molecule has 0 saturated carbocycles. The van der Waals surface area contributed by atoms with Crippen LogP contribution in [0.25, 0.3) is 0 Å². The lowest BCUT2D eigenvalue weighted by molar-refractivity contribution is -0.138. The van der Waals surface area contributed by atoms with E-state index in [4.69, 9.17) is 9.47 Å². The number of carbonyl (C=O) groups is 2. The fourth-order valence-corrected chi connectivity index (χ4v) is 5.44. The van der Waals surface area contributed by atoms with Crippen LogP contribution in [0.15, 0.2) is 78.9 Å². The van der Waals surface area contributed by atoms with E-state index in [1.165, 1.54) is 5.69 Å². The second-order valence-corrected chi connectivity index (χ2v) is 9.47. The minimum atomic E-state index is -0.403. The van der Waals surface area contributed by atoms with E-state index in [0.29, 0.717) is 25.9 Å². The summed E-state index contributed by atoms with van der Waals surface area (Å²) in [6.45, 7) is 2.90. The molecule has 2 saturated heterocycles. The Kier molecular flexibility index (Phi) is 7.30. The number of para-hydroxylation sites is 1. The molecule has 2 aliphatic rings. The standard InChI is InChI=1S/C30H33N3O4/c1-36-25-12-8-22(9-13-25)29-27(16-17-28(34)33(29)24-10-14-26(37-2)15-11-24)30(35)32-20-18-31(19-21-32)23-6-4-3-5-7-23/h3-15,27,29H,16-21H2,1-2H3/t27-,29-/m0/s1. The molecule has 0 aliphatic carbocycles. The predicted molar refractivity (Wildman–Crippen MR) is 144 cm³/mol. The van der Waals surface area contributed by atoms with Gasteiger partial charge in [-0.3, -0.25) is 9.59 Å². The van der Waals surface area contributed by atoms with Crippen LogP contribution in [0.4, 0.5) is 11.4 Å². The summed E-state index contributed by atoms with van der Waals surface area (Å²) < 4.78 is 10.7. The summed E-state index contributed by atoms with van der Waals surface area (Å²) in [4.78, 5) is 33.4. The van der Waals surface area contributed by atoms with E-state index in [1.807, 2.05) is 71.6 Å². The van der Waals surface area contributed by atoms with Crippen LogP contribution in [-0.2, 0) is 9.59 Å². The van der Waals surface area contributed by atoms with Crippen LogP contribution in [0.5, 0.6) is 11.5 Å². The van der Waals surface area contributed by atoms with Gasteiger partial charge in [0.15, 0.2) is 0 Å². The number of carbonyl (C=O) groups excluding carboxylic acids is 2. The van der Waals surface area contributed by atoms with Gasteiger partial charge in [-0.2, -0.15) is 0 Å². The molecule has 0 radical (unpaired) electrons. The van der Waals surface area contributed by atoms with Gasteiger partial charge in [-0.05, 0) is 60.5 Å². The Hall–Kier alpha value is -4.00. The number of piperazine rings is 1. The zero-order valence-electron chi connectivity index (χ0n) is 21.4. The first-order valence-corrected chi connectivity index (χ1v) is 12.8. The Labute approximate surface area is 218 Å². The van der Waals surface area contributed by atoms with E-state index in [0.717, 1.165) is 35.8 Å². The number of rotatable bonds is 6. The Morgan fingerprint density at radius 2 is 1.35 bits per heavy atom. The summed E-state index contributed by atoms with van der Waals surface area (Å²) >= 11 is 0. The van der Waals surface area contributed by atoms with Gasteiger partial charge in [0.25, 0.3) is 0 Å². The molecule has 2 amide bonds. The fourth-order valence-electron chi connectivity index (χ4n) is 5.44. The SMILES string of the molecule is COc1ccc([C@H]2[C@@H](C(=O)N3CCN(c4ccccc4)CC3)CCC(=O)N2c2ccc(OC)cc2)cc1. The molecule has 2 fully saturated rings. The van der Waals surface area contributed by atoms with Crippen molar-refractivity contribution in [3.05, 3.63) is 84.4 Å². The summed E-state index contributed by atoms with van der Waals surface area (Å²) in [5.74, 6) is 1.25. The highest BCUT2D eigenvalue weighted by Gasteiger charge is 2.43. The van der Waals surface area contributed by atoms with Crippen molar-refractivity contribution in [1.29, 1.82) is 0 Å². The van der Waals surface area contributed by atoms with E-state index in [2.05, 4.69) is 17.0 Å². The summed E-state index contributed by atoms with van der Waals surface area (Å²) in [7, 11) is 3.25. The van der Waals surface area contributed by atoms with Crippen molar-refractivity contribution in [2.75, 3.05) is 50.2 Å². The molecule has 0 unspecified atom stereocenters. The molecule has 3 aromatic rings. The maximum Gasteiger partial charge on any atom is 0.228 e. The number of ether oxygens (including phenoxy) is 2. The third kappa shape index (κ3) is 5.12. The number of nitrogens with zero attached hydrogens (tertiary/aromatic N) is 3. The van der Waals surface area contributed by atoms with Crippen LogP contribution in [0.1, 0.15) is 24.4 Å². The zero-order valence-corrected chi connectivity index (χ0v) is 21.4. The van der Waals surface area contributed by atoms with Crippen LogP contribution in [0.2, 0.25) is 0 Å². The average molecular weight is 500 g/mol. The first-order chi connectivity index (χ1) is 18.1. The van der Waals surface area contributed by atoms with Crippen molar-refractivity contribution in [2.24, 2.45) is 5.92 Å². The molecule has 2 atom stereocenters. The first-order valence-electron chi connectivity index (χ1n) is 12.8. The first kappa shape index (κ1) is 24.7. The van der Waals surface area contributed by atoms with Crippen molar-refractivity contribution in [1.82, 2.24) is 4.90 Å². The van der Waals surface area contributed by atoms with Gasteiger partial charge in [-0.1, -0.05) is 30.3 Å². The number of hydrogen-bond acceptors (Lipinski definition) is 5. The third-order valence-corrected chi connectivity index (χ3v) is 7.43. The molecule has 2 aliphatic heterocycles. The van der Waals surface area contributed by atoms with Gasteiger partial charge in [-0.15, -0.1) is 0 Å². The summed E-state index contributed by atoms with van der Waals surface area (Å²) in [5, 5.41) is 0. The van der Waals surface area contributed by atoms with Crippen LogP contribution in [0.3, 0.4) is 0 Å². The maximum absolute atomic E-state index is 14.0. The topological polar surface area (TPSA) is 62.3 Å². The minimum absolute atomic E-state index is 0.0175. The van der Waals surface area contributed by atoms with Gasteiger partial charge in [0.05, 0.1) is 26.2 Å². The van der Waals surface area contributed by atoms with Crippen LogP contribution in [0, 0.1) is 5.92 Å². The Bertz CT molecular complexity index is 1210. The summed E-state index contributed by atoms with van der Waals surface area (Å²) in [6.07, 6.45) is 0.860. The van der Waals surface area contributed by atoms with Crippen molar-refractivity contribution in [2.45, 2.75) is 18.9 Å². The molecule has 5 rings (SSSR count). The Morgan fingerprint density at radius 1 is 0.757 bits per heavy atom. The Balaban J connectivity index is 1.43. The van der Waals surface area contributed by atoms with Gasteiger partial charge in [0.2, 0.25) is 11.8 Å². The summed E-state index contributed by atoms with van der Waals surface area (Å²) in [6, 6.07) is 25.1. The molecule has 2 heterocycles. The molecular formula is C30H33N3O4. The molecule has 0 spiro atoms. The normalized spacial score (nSPS) is 20.1. The molecule has 0 bridgehead atoms.